The second-order valence-electron chi connectivity index (χ2n) is 4.85. The van der Waals surface area contributed by atoms with E-state index in [1.165, 1.54) is 11.1 Å². The molecule has 0 bridgehead atoms. The lowest BCUT2D eigenvalue weighted by Crippen LogP contribution is -2.36. The zero-order valence-corrected chi connectivity index (χ0v) is 10.0. The molecule has 3 rings (SSSR count). The van der Waals surface area contributed by atoms with Crippen molar-refractivity contribution >= 4 is 0 Å². The molecule has 92 valence electrons. The highest BCUT2D eigenvalue weighted by Gasteiger charge is 2.27. The van der Waals surface area contributed by atoms with Crippen molar-refractivity contribution < 1.29 is 9.47 Å². The monoisotopic (exact) mass is 233 g/mol. The van der Waals surface area contributed by atoms with Crippen molar-refractivity contribution in [2.24, 2.45) is 5.92 Å². The lowest BCUT2D eigenvalue weighted by Gasteiger charge is -2.29. The van der Waals surface area contributed by atoms with Gasteiger partial charge in [0.15, 0.2) is 6.29 Å². The quantitative estimate of drug-likeness (QED) is 0.805. The Morgan fingerprint density at radius 2 is 1.53 bits per heavy atom. The average Bonchev–Trinajstić information content (AvgIpc) is 2.62. The standard InChI is InChI=1S/C14H19NO2/c1-2-4-13-10-17-14(16-9-12(13)3-1)11-5-7-15-8-6-11/h1-4,11,14-15H,5-10H2. The predicted molar refractivity (Wildman–Crippen MR) is 65.4 cm³/mol. The molecule has 0 atom stereocenters. The molecule has 0 aromatic heterocycles. The zero-order valence-electron chi connectivity index (χ0n) is 10.0. The van der Waals surface area contributed by atoms with Gasteiger partial charge in [-0.15, -0.1) is 0 Å². The molecule has 1 saturated heterocycles. The molecule has 0 saturated carbocycles. The maximum Gasteiger partial charge on any atom is 0.161 e. The first-order chi connectivity index (χ1) is 8.43. The molecular weight excluding hydrogens is 214 g/mol. The van der Waals surface area contributed by atoms with E-state index in [9.17, 15) is 0 Å². The molecule has 3 nitrogen and oxygen atoms in total. The van der Waals surface area contributed by atoms with Crippen LogP contribution in [0.4, 0.5) is 0 Å². The van der Waals surface area contributed by atoms with Crippen molar-refractivity contribution in [3.63, 3.8) is 0 Å². The Morgan fingerprint density at radius 1 is 0.941 bits per heavy atom. The van der Waals surface area contributed by atoms with E-state index in [1.807, 2.05) is 0 Å². The van der Waals surface area contributed by atoms with E-state index < -0.39 is 0 Å². The van der Waals surface area contributed by atoms with Gasteiger partial charge in [-0.3, -0.25) is 0 Å². The zero-order chi connectivity index (χ0) is 11.5. The Balaban J connectivity index is 1.68. The summed E-state index contributed by atoms with van der Waals surface area (Å²) in [6.45, 7) is 3.54. The number of hydrogen-bond acceptors (Lipinski definition) is 3. The summed E-state index contributed by atoms with van der Waals surface area (Å²) in [7, 11) is 0. The molecule has 3 heteroatoms. The molecule has 0 amide bonds. The Kier molecular flexibility index (Phi) is 3.41. The minimum Gasteiger partial charge on any atom is -0.348 e. The van der Waals surface area contributed by atoms with Crippen molar-refractivity contribution in [1.82, 2.24) is 5.32 Å². The van der Waals surface area contributed by atoms with Crippen LogP contribution in [0.15, 0.2) is 24.3 Å². The van der Waals surface area contributed by atoms with Crippen molar-refractivity contribution in [3.8, 4) is 0 Å². The van der Waals surface area contributed by atoms with E-state index >= 15 is 0 Å². The molecule has 0 aliphatic carbocycles. The molecular formula is C14H19NO2. The predicted octanol–water partition coefficient (Wildman–Crippen LogP) is 2.06. The lowest BCUT2D eigenvalue weighted by molar-refractivity contribution is -0.182. The molecule has 1 fully saturated rings. The third-order valence-corrected chi connectivity index (χ3v) is 3.69. The van der Waals surface area contributed by atoms with Gasteiger partial charge < -0.3 is 14.8 Å². The molecule has 2 aliphatic heterocycles. The number of hydrogen-bond donors (Lipinski definition) is 1. The van der Waals surface area contributed by atoms with Crippen LogP contribution in [0.2, 0.25) is 0 Å². The highest BCUT2D eigenvalue weighted by atomic mass is 16.7. The van der Waals surface area contributed by atoms with E-state index in [0.29, 0.717) is 19.1 Å². The van der Waals surface area contributed by atoms with Crippen LogP contribution in [0, 0.1) is 5.92 Å². The fourth-order valence-corrected chi connectivity index (χ4v) is 2.62. The molecule has 17 heavy (non-hydrogen) atoms. The van der Waals surface area contributed by atoms with Gasteiger partial charge in [-0.1, -0.05) is 24.3 Å². The molecule has 0 radical (unpaired) electrons. The van der Waals surface area contributed by atoms with Crippen LogP contribution in [0.3, 0.4) is 0 Å². The first-order valence-corrected chi connectivity index (χ1v) is 6.44. The average molecular weight is 233 g/mol. The fourth-order valence-electron chi connectivity index (χ4n) is 2.62. The smallest absolute Gasteiger partial charge is 0.161 e. The van der Waals surface area contributed by atoms with Gasteiger partial charge in [0.2, 0.25) is 0 Å². The molecule has 2 heterocycles. The molecule has 0 unspecified atom stereocenters. The Morgan fingerprint density at radius 3 is 2.12 bits per heavy atom. The number of benzene rings is 1. The highest BCUT2D eigenvalue weighted by molar-refractivity contribution is 5.26. The molecule has 0 spiro atoms. The van der Waals surface area contributed by atoms with E-state index in [0.717, 1.165) is 25.9 Å². The third kappa shape index (κ3) is 2.51. The number of fused-ring (bicyclic) bond motifs is 1. The summed E-state index contributed by atoms with van der Waals surface area (Å²) in [4.78, 5) is 0. The summed E-state index contributed by atoms with van der Waals surface area (Å²) in [6, 6.07) is 8.38. The lowest BCUT2D eigenvalue weighted by atomic mass is 9.97. The van der Waals surface area contributed by atoms with Gasteiger partial charge in [0.05, 0.1) is 13.2 Å². The van der Waals surface area contributed by atoms with Crippen molar-refractivity contribution in [2.45, 2.75) is 32.3 Å². The van der Waals surface area contributed by atoms with Crippen LogP contribution in [-0.2, 0) is 22.7 Å². The van der Waals surface area contributed by atoms with Crippen molar-refractivity contribution in [1.29, 1.82) is 0 Å². The van der Waals surface area contributed by atoms with E-state index in [4.69, 9.17) is 9.47 Å². The number of rotatable bonds is 1. The minimum atomic E-state index is -0.0236. The second kappa shape index (κ2) is 5.17. The topological polar surface area (TPSA) is 30.5 Å². The Bertz CT molecular complexity index is 347. The first kappa shape index (κ1) is 11.2. The van der Waals surface area contributed by atoms with Gasteiger partial charge in [-0.25, -0.2) is 0 Å². The summed E-state index contributed by atoms with van der Waals surface area (Å²) in [5.74, 6) is 0.547. The minimum absolute atomic E-state index is 0.0236. The Labute approximate surface area is 102 Å². The van der Waals surface area contributed by atoms with Crippen LogP contribution in [-0.4, -0.2) is 19.4 Å². The SMILES string of the molecule is c1ccc2c(c1)COC(C1CCNCC1)OC2. The molecule has 1 N–H and O–H groups in total. The normalized spacial score (nSPS) is 23.1. The summed E-state index contributed by atoms with van der Waals surface area (Å²) in [5.41, 5.74) is 2.54. The van der Waals surface area contributed by atoms with Crippen LogP contribution < -0.4 is 5.32 Å². The van der Waals surface area contributed by atoms with Crippen LogP contribution in [0.1, 0.15) is 24.0 Å². The van der Waals surface area contributed by atoms with Gasteiger partial charge in [-0.05, 0) is 37.1 Å². The maximum absolute atomic E-state index is 5.92. The molecule has 2 aliphatic rings. The van der Waals surface area contributed by atoms with Gasteiger partial charge in [0.1, 0.15) is 0 Å². The van der Waals surface area contributed by atoms with Gasteiger partial charge >= 0.3 is 0 Å². The van der Waals surface area contributed by atoms with Gasteiger partial charge in [0, 0.05) is 5.92 Å². The fraction of sp³-hybridized carbons (Fsp3) is 0.571. The van der Waals surface area contributed by atoms with Crippen molar-refractivity contribution in [3.05, 3.63) is 35.4 Å². The molecule has 1 aromatic rings. The van der Waals surface area contributed by atoms with E-state index in [1.54, 1.807) is 0 Å². The van der Waals surface area contributed by atoms with Crippen LogP contribution in [0.5, 0.6) is 0 Å². The summed E-state index contributed by atoms with van der Waals surface area (Å²) in [5, 5.41) is 3.38. The van der Waals surface area contributed by atoms with Crippen LogP contribution >= 0.6 is 0 Å². The van der Waals surface area contributed by atoms with E-state index in [-0.39, 0.29) is 6.29 Å². The summed E-state index contributed by atoms with van der Waals surface area (Å²) >= 11 is 0. The van der Waals surface area contributed by atoms with Crippen LogP contribution in [0.25, 0.3) is 0 Å². The van der Waals surface area contributed by atoms with E-state index in [2.05, 4.69) is 29.6 Å². The number of ether oxygens (including phenoxy) is 2. The Hall–Kier alpha value is -0.900. The number of piperidine rings is 1. The summed E-state index contributed by atoms with van der Waals surface area (Å²) in [6.07, 6.45) is 2.28. The molecule has 1 aromatic carbocycles. The highest BCUT2D eigenvalue weighted by Crippen LogP contribution is 2.26. The second-order valence-corrected chi connectivity index (χ2v) is 4.85. The number of nitrogens with one attached hydrogen (secondary N) is 1. The van der Waals surface area contributed by atoms with Gasteiger partial charge in [0.25, 0.3) is 0 Å². The third-order valence-electron chi connectivity index (χ3n) is 3.69. The first-order valence-electron chi connectivity index (χ1n) is 6.44. The van der Waals surface area contributed by atoms with Crippen molar-refractivity contribution in [2.75, 3.05) is 13.1 Å². The maximum atomic E-state index is 5.92. The van der Waals surface area contributed by atoms with Gasteiger partial charge in [-0.2, -0.15) is 0 Å². The largest absolute Gasteiger partial charge is 0.348 e. The summed E-state index contributed by atoms with van der Waals surface area (Å²) < 4.78 is 11.8.